The SMILES string of the molecule is CC(Cl)CC(CNC(=O)c1cccc2nc(C(Cc3ccccn3)C(=O)O)cn12)c1ccc(Cl)cc1. The van der Waals surface area contributed by atoms with Gasteiger partial charge in [-0.05, 0) is 55.3 Å². The van der Waals surface area contributed by atoms with Gasteiger partial charge in [-0.25, -0.2) is 4.98 Å². The third-order valence-electron chi connectivity index (χ3n) is 6.00. The number of hydrogen-bond acceptors (Lipinski definition) is 4. The Morgan fingerprint density at radius 3 is 2.53 bits per heavy atom. The van der Waals surface area contributed by atoms with Crippen LogP contribution in [0.4, 0.5) is 0 Å². The van der Waals surface area contributed by atoms with Gasteiger partial charge in [-0.3, -0.25) is 19.0 Å². The van der Waals surface area contributed by atoms with Crippen molar-refractivity contribution in [2.75, 3.05) is 6.54 Å². The summed E-state index contributed by atoms with van der Waals surface area (Å²) >= 11 is 12.3. The third kappa shape index (κ3) is 6.22. The molecule has 1 aromatic carbocycles. The number of amides is 1. The molecule has 0 spiro atoms. The van der Waals surface area contributed by atoms with E-state index >= 15 is 0 Å². The Hall–Kier alpha value is -3.42. The Balaban J connectivity index is 1.56. The Bertz CT molecular complexity index is 1340. The standard InChI is InChI=1S/C27H26Cl2N4O3/c1-17(28)13-19(18-8-10-20(29)11-9-18)15-31-26(34)24-6-4-7-25-32-23(16-33(24)25)22(27(35)36)14-21-5-2-3-12-30-21/h2-12,16-17,19,22H,13-15H2,1H3,(H,31,34)(H,35,36). The maximum Gasteiger partial charge on any atom is 0.313 e. The molecule has 0 bridgehead atoms. The molecule has 9 heteroatoms. The topological polar surface area (TPSA) is 96.6 Å². The van der Waals surface area contributed by atoms with E-state index in [-0.39, 0.29) is 23.6 Å². The summed E-state index contributed by atoms with van der Waals surface area (Å²) < 4.78 is 1.63. The highest BCUT2D eigenvalue weighted by atomic mass is 35.5. The summed E-state index contributed by atoms with van der Waals surface area (Å²) in [5, 5.41) is 13.4. The van der Waals surface area contributed by atoms with Crippen molar-refractivity contribution >= 4 is 40.7 Å². The van der Waals surface area contributed by atoms with Crippen LogP contribution in [-0.4, -0.2) is 43.3 Å². The number of aromatic nitrogens is 3. The predicted molar refractivity (Wildman–Crippen MR) is 140 cm³/mol. The maximum absolute atomic E-state index is 13.2. The number of benzene rings is 1. The summed E-state index contributed by atoms with van der Waals surface area (Å²) in [5.41, 5.74) is 2.91. The average Bonchev–Trinajstić information content (AvgIpc) is 3.29. The number of imidazole rings is 1. The highest BCUT2D eigenvalue weighted by molar-refractivity contribution is 6.30. The van der Waals surface area contributed by atoms with Crippen molar-refractivity contribution in [1.29, 1.82) is 0 Å². The lowest BCUT2D eigenvalue weighted by molar-refractivity contribution is -0.138. The molecule has 0 aliphatic carbocycles. The normalized spacial score (nSPS) is 13.8. The van der Waals surface area contributed by atoms with Gasteiger partial charge in [0, 0.05) is 47.4 Å². The number of fused-ring (bicyclic) bond motifs is 1. The molecule has 0 saturated carbocycles. The predicted octanol–water partition coefficient (Wildman–Crippen LogP) is 5.32. The first kappa shape index (κ1) is 25.7. The van der Waals surface area contributed by atoms with E-state index in [2.05, 4.69) is 15.3 Å². The van der Waals surface area contributed by atoms with Gasteiger partial charge in [0.25, 0.3) is 5.91 Å². The molecule has 4 rings (SSSR count). The molecule has 0 saturated heterocycles. The number of carboxylic acids is 1. The summed E-state index contributed by atoms with van der Waals surface area (Å²) in [6.45, 7) is 2.30. The van der Waals surface area contributed by atoms with Crippen LogP contribution in [0.25, 0.3) is 5.65 Å². The first-order valence-corrected chi connectivity index (χ1v) is 12.4. The molecule has 3 heterocycles. The Morgan fingerprint density at radius 1 is 1.08 bits per heavy atom. The van der Waals surface area contributed by atoms with E-state index in [9.17, 15) is 14.7 Å². The van der Waals surface area contributed by atoms with Crippen molar-refractivity contribution in [3.8, 4) is 0 Å². The van der Waals surface area contributed by atoms with Crippen LogP contribution < -0.4 is 5.32 Å². The van der Waals surface area contributed by atoms with E-state index in [1.54, 1.807) is 47.1 Å². The Kier molecular flexibility index (Phi) is 8.23. The van der Waals surface area contributed by atoms with E-state index in [1.165, 1.54) is 0 Å². The van der Waals surface area contributed by atoms with Gasteiger partial charge < -0.3 is 10.4 Å². The minimum Gasteiger partial charge on any atom is -0.481 e. The number of carbonyl (C=O) groups excluding carboxylic acids is 1. The molecule has 3 atom stereocenters. The molecule has 0 aliphatic heterocycles. The quantitative estimate of drug-likeness (QED) is 0.273. The van der Waals surface area contributed by atoms with Crippen molar-refractivity contribution in [1.82, 2.24) is 19.7 Å². The highest BCUT2D eigenvalue weighted by Crippen LogP contribution is 2.25. The smallest absolute Gasteiger partial charge is 0.313 e. The number of nitrogens with zero attached hydrogens (tertiary/aromatic N) is 3. The van der Waals surface area contributed by atoms with E-state index in [0.29, 0.717) is 40.7 Å². The van der Waals surface area contributed by atoms with Gasteiger partial charge in [0.1, 0.15) is 17.3 Å². The molecular weight excluding hydrogens is 499 g/mol. The van der Waals surface area contributed by atoms with Crippen molar-refractivity contribution in [3.05, 3.63) is 101 Å². The van der Waals surface area contributed by atoms with Crippen LogP contribution >= 0.6 is 23.2 Å². The lowest BCUT2D eigenvalue weighted by Crippen LogP contribution is -2.30. The van der Waals surface area contributed by atoms with Crippen LogP contribution in [0.3, 0.4) is 0 Å². The van der Waals surface area contributed by atoms with Crippen molar-refractivity contribution < 1.29 is 14.7 Å². The molecule has 0 aliphatic rings. The Morgan fingerprint density at radius 2 is 1.86 bits per heavy atom. The Labute approximate surface area is 219 Å². The van der Waals surface area contributed by atoms with Gasteiger partial charge in [0.2, 0.25) is 0 Å². The zero-order valence-electron chi connectivity index (χ0n) is 19.6. The third-order valence-corrected chi connectivity index (χ3v) is 6.43. The number of hydrogen-bond donors (Lipinski definition) is 2. The molecule has 186 valence electrons. The van der Waals surface area contributed by atoms with Crippen molar-refractivity contribution in [2.45, 2.75) is 37.0 Å². The fourth-order valence-corrected chi connectivity index (χ4v) is 4.54. The number of pyridine rings is 2. The second kappa shape index (κ2) is 11.5. The number of carboxylic acid groups (broad SMARTS) is 1. The van der Waals surface area contributed by atoms with E-state index in [1.807, 2.05) is 37.3 Å². The van der Waals surface area contributed by atoms with E-state index in [0.717, 1.165) is 5.56 Å². The van der Waals surface area contributed by atoms with Gasteiger partial charge >= 0.3 is 5.97 Å². The molecule has 36 heavy (non-hydrogen) atoms. The number of aliphatic carboxylic acids is 1. The molecule has 2 N–H and O–H groups in total. The minimum atomic E-state index is -1.00. The molecule has 1 amide bonds. The van der Waals surface area contributed by atoms with Crippen LogP contribution in [0, 0.1) is 0 Å². The minimum absolute atomic E-state index is 0.00558. The number of rotatable bonds is 10. The first-order chi connectivity index (χ1) is 17.3. The number of nitrogens with one attached hydrogen (secondary N) is 1. The van der Waals surface area contributed by atoms with Gasteiger partial charge in [0.15, 0.2) is 0 Å². The van der Waals surface area contributed by atoms with Crippen molar-refractivity contribution in [3.63, 3.8) is 0 Å². The fraction of sp³-hybridized carbons (Fsp3) is 0.259. The van der Waals surface area contributed by atoms with Gasteiger partial charge in [-0.15, -0.1) is 11.6 Å². The van der Waals surface area contributed by atoms with Crippen molar-refractivity contribution in [2.24, 2.45) is 0 Å². The summed E-state index contributed by atoms with van der Waals surface area (Å²) in [7, 11) is 0. The summed E-state index contributed by atoms with van der Waals surface area (Å²) in [4.78, 5) is 34.0. The molecule has 0 radical (unpaired) electrons. The van der Waals surface area contributed by atoms with Crippen LogP contribution in [0.15, 0.2) is 73.1 Å². The number of halogens is 2. The fourth-order valence-electron chi connectivity index (χ4n) is 4.20. The van der Waals surface area contributed by atoms with Gasteiger partial charge in [-0.2, -0.15) is 0 Å². The molecule has 0 fully saturated rings. The zero-order valence-corrected chi connectivity index (χ0v) is 21.2. The van der Waals surface area contributed by atoms with E-state index in [4.69, 9.17) is 23.2 Å². The van der Waals surface area contributed by atoms with E-state index < -0.39 is 11.9 Å². The average molecular weight is 525 g/mol. The lowest BCUT2D eigenvalue weighted by atomic mass is 9.94. The zero-order chi connectivity index (χ0) is 25.7. The summed E-state index contributed by atoms with van der Waals surface area (Å²) in [6.07, 6.45) is 4.11. The molecular formula is C27H26Cl2N4O3. The highest BCUT2D eigenvalue weighted by Gasteiger charge is 2.25. The number of alkyl halides is 1. The molecule has 3 unspecified atom stereocenters. The van der Waals surface area contributed by atoms with Crippen LogP contribution in [-0.2, 0) is 11.2 Å². The molecule has 4 aromatic rings. The van der Waals surface area contributed by atoms with Crippen LogP contribution in [0.2, 0.25) is 5.02 Å². The maximum atomic E-state index is 13.2. The first-order valence-electron chi connectivity index (χ1n) is 11.6. The second-order valence-corrected chi connectivity index (χ2v) is 9.88. The summed E-state index contributed by atoms with van der Waals surface area (Å²) in [5.74, 6) is -2.18. The second-order valence-electron chi connectivity index (χ2n) is 8.70. The molecule has 7 nitrogen and oxygen atoms in total. The van der Waals surface area contributed by atoms with Crippen LogP contribution in [0.5, 0.6) is 0 Å². The lowest BCUT2D eigenvalue weighted by Gasteiger charge is -2.20. The van der Waals surface area contributed by atoms with Gasteiger partial charge in [-0.1, -0.05) is 35.9 Å². The summed E-state index contributed by atoms with van der Waals surface area (Å²) in [6, 6.07) is 18.1. The monoisotopic (exact) mass is 524 g/mol. The molecule has 3 aromatic heterocycles. The van der Waals surface area contributed by atoms with Gasteiger partial charge in [0.05, 0.1) is 5.69 Å². The van der Waals surface area contributed by atoms with Crippen LogP contribution in [0.1, 0.15) is 52.6 Å². The number of carbonyl (C=O) groups is 2. The largest absolute Gasteiger partial charge is 0.481 e.